The molecule has 8 nitrogen and oxygen atoms in total. The molecule has 0 saturated heterocycles. The number of nitrogens with zero attached hydrogens (tertiary/aromatic N) is 2. The number of hydrogen-bond donors (Lipinski definition) is 3. The first-order valence-corrected chi connectivity index (χ1v) is 8.23. The van der Waals surface area contributed by atoms with Gasteiger partial charge in [0.15, 0.2) is 11.4 Å². The molecular weight excluding hydrogens is 350 g/mol. The number of fused-ring (bicyclic) bond motifs is 1. The number of hydrogen-bond acceptors (Lipinski definition) is 5. The normalized spacial score (nSPS) is 10.7. The molecule has 2 aromatic heterocycles. The molecule has 0 unspecified atom stereocenters. The molecule has 8 heteroatoms. The molecule has 27 heavy (non-hydrogen) atoms. The standard InChI is InChI=1S/C19H17N3O5/c23-15-7-6-13-14(22(15)9-8-12-4-2-1-3-5-12)10-20-17(18(13)26)19(27)21-11-16(24)25/h1-7,10,26H,8-9,11H2,(H,21,27)(H,24,25). The highest BCUT2D eigenvalue weighted by Gasteiger charge is 2.18. The van der Waals surface area contributed by atoms with Crippen molar-refractivity contribution in [3.8, 4) is 5.75 Å². The summed E-state index contributed by atoms with van der Waals surface area (Å²) in [6.07, 6.45) is 1.94. The van der Waals surface area contributed by atoms with E-state index in [1.54, 1.807) is 0 Å². The van der Waals surface area contributed by atoms with Gasteiger partial charge in [-0.05, 0) is 18.1 Å². The van der Waals surface area contributed by atoms with Crippen molar-refractivity contribution in [2.24, 2.45) is 0 Å². The smallest absolute Gasteiger partial charge is 0.322 e. The van der Waals surface area contributed by atoms with Crippen molar-refractivity contribution in [2.45, 2.75) is 13.0 Å². The van der Waals surface area contributed by atoms with E-state index in [0.717, 1.165) is 5.56 Å². The number of aryl methyl sites for hydroxylation is 2. The third kappa shape index (κ3) is 3.95. The number of nitrogens with one attached hydrogen (secondary N) is 1. The van der Waals surface area contributed by atoms with Crippen LogP contribution in [0.5, 0.6) is 5.75 Å². The monoisotopic (exact) mass is 367 g/mol. The molecule has 0 atom stereocenters. The van der Waals surface area contributed by atoms with Gasteiger partial charge in [-0.1, -0.05) is 30.3 Å². The van der Waals surface area contributed by atoms with Gasteiger partial charge in [0.25, 0.3) is 11.5 Å². The molecule has 1 amide bonds. The summed E-state index contributed by atoms with van der Waals surface area (Å²) in [5, 5.41) is 21.5. The fraction of sp³-hybridized carbons (Fsp3) is 0.158. The van der Waals surface area contributed by atoms with Crippen LogP contribution in [0.3, 0.4) is 0 Å². The number of aromatic hydroxyl groups is 1. The number of aliphatic carboxylic acids is 1. The Morgan fingerprint density at radius 2 is 1.85 bits per heavy atom. The number of rotatable bonds is 6. The fourth-order valence-corrected chi connectivity index (χ4v) is 2.77. The van der Waals surface area contributed by atoms with Crippen LogP contribution in [0.2, 0.25) is 0 Å². The lowest BCUT2D eigenvalue weighted by molar-refractivity contribution is -0.135. The lowest BCUT2D eigenvalue weighted by atomic mass is 10.1. The number of benzene rings is 1. The van der Waals surface area contributed by atoms with Crippen molar-refractivity contribution in [3.05, 3.63) is 70.3 Å². The van der Waals surface area contributed by atoms with Crippen molar-refractivity contribution in [2.75, 3.05) is 6.54 Å². The van der Waals surface area contributed by atoms with Gasteiger partial charge in [0.05, 0.1) is 11.7 Å². The molecule has 1 aromatic carbocycles. The molecule has 0 aliphatic rings. The summed E-state index contributed by atoms with van der Waals surface area (Å²) in [6, 6.07) is 12.4. The van der Waals surface area contributed by atoms with E-state index in [1.807, 2.05) is 30.3 Å². The van der Waals surface area contributed by atoms with Crippen LogP contribution in [0.1, 0.15) is 16.1 Å². The summed E-state index contributed by atoms with van der Waals surface area (Å²) >= 11 is 0. The van der Waals surface area contributed by atoms with Gasteiger partial charge >= 0.3 is 5.97 Å². The van der Waals surface area contributed by atoms with Gasteiger partial charge in [0.2, 0.25) is 0 Å². The molecule has 3 rings (SSSR count). The van der Waals surface area contributed by atoms with Crippen LogP contribution in [0.25, 0.3) is 10.9 Å². The minimum Gasteiger partial charge on any atom is -0.505 e. The van der Waals surface area contributed by atoms with Crippen molar-refractivity contribution >= 4 is 22.8 Å². The number of carbonyl (C=O) groups is 2. The van der Waals surface area contributed by atoms with Gasteiger partial charge in [0.1, 0.15) is 6.54 Å². The average Bonchev–Trinajstić information content (AvgIpc) is 2.66. The van der Waals surface area contributed by atoms with Crippen LogP contribution in [-0.4, -0.2) is 38.2 Å². The van der Waals surface area contributed by atoms with Gasteiger partial charge in [-0.25, -0.2) is 4.98 Å². The second-order valence-corrected chi connectivity index (χ2v) is 5.89. The summed E-state index contributed by atoms with van der Waals surface area (Å²) in [4.78, 5) is 38.8. The highest BCUT2D eigenvalue weighted by atomic mass is 16.4. The van der Waals surface area contributed by atoms with Gasteiger partial charge in [-0.15, -0.1) is 0 Å². The van der Waals surface area contributed by atoms with E-state index in [-0.39, 0.29) is 16.6 Å². The zero-order chi connectivity index (χ0) is 19.4. The van der Waals surface area contributed by atoms with Gasteiger partial charge in [-0.3, -0.25) is 14.4 Å². The highest BCUT2D eigenvalue weighted by Crippen LogP contribution is 2.26. The largest absolute Gasteiger partial charge is 0.505 e. The van der Waals surface area contributed by atoms with E-state index in [0.29, 0.717) is 18.5 Å². The molecule has 3 N–H and O–H groups in total. The van der Waals surface area contributed by atoms with E-state index in [1.165, 1.54) is 22.9 Å². The van der Waals surface area contributed by atoms with Crippen molar-refractivity contribution in [1.29, 1.82) is 0 Å². The molecule has 0 radical (unpaired) electrons. The van der Waals surface area contributed by atoms with Crippen LogP contribution in [-0.2, 0) is 17.8 Å². The summed E-state index contributed by atoms with van der Waals surface area (Å²) in [5.41, 5.74) is 0.911. The third-order valence-corrected chi connectivity index (χ3v) is 4.10. The maximum absolute atomic E-state index is 12.3. The SMILES string of the molecule is O=C(O)CNC(=O)c1ncc2c(ccc(=O)n2CCc2ccccc2)c1O. The Bertz CT molecular complexity index is 1060. The van der Waals surface area contributed by atoms with Gasteiger partial charge in [0, 0.05) is 18.0 Å². The van der Waals surface area contributed by atoms with Crippen LogP contribution in [0.15, 0.2) is 53.5 Å². The Labute approximate surface area is 153 Å². The summed E-state index contributed by atoms with van der Waals surface area (Å²) in [6.45, 7) is -0.208. The van der Waals surface area contributed by atoms with Crippen LogP contribution < -0.4 is 10.9 Å². The Kier molecular flexibility index (Phi) is 5.16. The summed E-state index contributed by atoms with van der Waals surface area (Å²) < 4.78 is 1.48. The van der Waals surface area contributed by atoms with E-state index in [9.17, 15) is 19.5 Å². The zero-order valence-electron chi connectivity index (χ0n) is 14.3. The van der Waals surface area contributed by atoms with Gasteiger partial charge < -0.3 is 20.1 Å². The number of carboxylic acid groups (broad SMARTS) is 1. The van der Waals surface area contributed by atoms with E-state index >= 15 is 0 Å². The lowest BCUT2D eigenvalue weighted by Crippen LogP contribution is -2.30. The fourth-order valence-electron chi connectivity index (χ4n) is 2.77. The average molecular weight is 367 g/mol. The van der Waals surface area contributed by atoms with Crippen molar-refractivity contribution in [1.82, 2.24) is 14.9 Å². The Hall–Kier alpha value is -3.68. The summed E-state index contributed by atoms with van der Waals surface area (Å²) in [7, 11) is 0. The second kappa shape index (κ2) is 7.69. The molecule has 0 bridgehead atoms. The van der Waals surface area contributed by atoms with Crippen molar-refractivity contribution in [3.63, 3.8) is 0 Å². The molecule has 0 aliphatic carbocycles. The Morgan fingerprint density at radius 1 is 1.11 bits per heavy atom. The first kappa shape index (κ1) is 18.1. The predicted octanol–water partition coefficient (Wildman–Crippen LogP) is 1.16. The Morgan fingerprint density at radius 3 is 2.56 bits per heavy atom. The number of amides is 1. The van der Waals surface area contributed by atoms with E-state index < -0.39 is 24.2 Å². The van der Waals surface area contributed by atoms with Crippen molar-refractivity contribution < 1.29 is 19.8 Å². The van der Waals surface area contributed by atoms with Crippen LogP contribution in [0.4, 0.5) is 0 Å². The molecule has 0 fully saturated rings. The molecule has 0 spiro atoms. The molecule has 3 aromatic rings. The molecule has 0 aliphatic heterocycles. The third-order valence-electron chi connectivity index (χ3n) is 4.10. The topological polar surface area (TPSA) is 122 Å². The molecule has 0 saturated carbocycles. The first-order chi connectivity index (χ1) is 13.0. The number of carbonyl (C=O) groups excluding carboxylic acids is 1. The van der Waals surface area contributed by atoms with Crippen LogP contribution in [0, 0.1) is 0 Å². The molecular formula is C19H17N3O5. The zero-order valence-corrected chi connectivity index (χ0v) is 14.3. The molecule has 2 heterocycles. The lowest BCUT2D eigenvalue weighted by Gasteiger charge is -2.12. The number of aromatic nitrogens is 2. The number of pyridine rings is 2. The minimum atomic E-state index is -1.21. The summed E-state index contributed by atoms with van der Waals surface area (Å²) in [5.74, 6) is -2.42. The predicted molar refractivity (Wildman–Crippen MR) is 97.8 cm³/mol. The highest BCUT2D eigenvalue weighted by molar-refractivity contribution is 6.01. The van der Waals surface area contributed by atoms with E-state index in [4.69, 9.17) is 5.11 Å². The van der Waals surface area contributed by atoms with Gasteiger partial charge in [-0.2, -0.15) is 0 Å². The Balaban J connectivity index is 1.95. The maximum atomic E-state index is 12.3. The first-order valence-electron chi connectivity index (χ1n) is 8.23. The quantitative estimate of drug-likeness (QED) is 0.601. The minimum absolute atomic E-state index is 0.247. The van der Waals surface area contributed by atoms with Crippen LogP contribution >= 0.6 is 0 Å². The maximum Gasteiger partial charge on any atom is 0.322 e. The molecule has 138 valence electrons. The van der Waals surface area contributed by atoms with E-state index in [2.05, 4.69) is 10.3 Å². The number of carboxylic acids is 1. The second-order valence-electron chi connectivity index (χ2n) is 5.89.